The Labute approximate surface area is 183 Å². The largest absolute Gasteiger partial charge is 0.390 e. The third-order valence-corrected chi connectivity index (χ3v) is 7.91. The number of benzene rings is 1. The number of nitrogens with zero attached hydrogens (tertiary/aromatic N) is 2. The van der Waals surface area contributed by atoms with E-state index in [4.69, 9.17) is 11.6 Å². The minimum atomic E-state index is -3.40. The van der Waals surface area contributed by atoms with Crippen LogP contribution in [0.15, 0.2) is 24.4 Å². The van der Waals surface area contributed by atoms with Crippen LogP contribution in [0.2, 0.25) is 5.02 Å². The van der Waals surface area contributed by atoms with Crippen molar-refractivity contribution in [3.05, 3.63) is 35.0 Å². The highest BCUT2D eigenvalue weighted by Crippen LogP contribution is 2.45. The van der Waals surface area contributed by atoms with Crippen molar-refractivity contribution in [2.75, 3.05) is 13.3 Å². The standard InChI is InChI=1S/C13H14ClNO3S.C9H17NO/c1-9(6-7-16)10-8-15(19(2,17)18)12-5-3-4-11(14)13(10)12;1-3-7-4-9(11)5-8(6-9)10(7)2/h3-5,7-9H,6H2,1-2H3;7-8,11H,3-6H2,1-2H3. The zero-order valence-corrected chi connectivity index (χ0v) is 19.6. The molecule has 0 radical (unpaired) electrons. The third-order valence-electron chi connectivity index (χ3n) is 6.58. The zero-order valence-electron chi connectivity index (χ0n) is 18.0. The van der Waals surface area contributed by atoms with Crippen LogP contribution in [0.5, 0.6) is 0 Å². The molecule has 1 saturated carbocycles. The van der Waals surface area contributed by atoms with Gasteiger partial charge < -0.3 is 14.8 Å². The normalized spacial score (nSPS) is 27.1. The van der Waals surface area contributed by atoms with E-state index in [9.17, 15) is 18.3 Å². The van der Waals surface area contributed by atoms with Gasteiger partial charge in [0, 0.05) is 30.1 Å². The van der Waals surface area contributed by atoms with E-state index < -0.39 is 10.0 Å². The fraction of sp³-hybridized carbons (Fsp3) is 0.591. The highest BCUT2D eigenvalue weighted by molar-refractivity contribution is 7.89. The molecule has 2 saturated heterocycles. The van der Waals surface area contributed by atoms with Crippen molar-refractivity contribution < 1.29 is 18.3 Å². The van der Waals surface area contributed by atoms with E-state index in [2.05, 4.69) is 18.9 Å². The molecule has 2 aromatic rings. The molecule has 166 valence electrons. The molecule has 2 unspecified atom stereocenters. The minimum Gasteiger partial charge on any atom is -0.390 e. The number of piperidine rings is 2. The number of carbonyl (C=O) groups is 1. The Kier molecular flexibility index (Phi) is 6.68. The summed E-state index contributed by atoms with van der Waals surface area (Å²) in [7, 11) is -1.21. The van der Waals surface area contributed by atoms with Gasteiger partial charge in [-0.2, -0.15) is 0 Å². The van der Waals surface area contributed by atoms with Gasteiger partial charge in [0.25, 0.3) is 0 Å². The number of rotatable bonds is 5. The highest BCUT2D eigenvalue weighted by atomic mass is 35.5. The Balaban J connectivity index is 0.000000196. The van der Waals surface area contributed by atoms with Gasteiger partial charge in [0.2, 0.25) is 10.0 Å². The summed E-state index contributed by atoms with van der Waals surface area (Å²) < 4.78 is 24.8. The van der Waals surface area contributed by atoms with Gasteiger partial charge in [-0.15, -0.1) is 0 Å². The first-order chi connectivity index (χ1) is 14.0. The summed E-state index contributed by atoms with van der Waals surface area (Å²) in [6, 6.07) is 6.44. The van der Waals surface area contributed by atoms with E-state index in [0.29, 0.717) is 34.4 Å². The summed E-state index contributed by atoms with van der Waals surface area (Å²) in [6.45, 7) is 4.08. The van der Waals surface area contributed by atoms with Crippen LogP contribution in [0, 0.1) is 0 Å². The summed E-state index contributed by atoms with van der Waals surface area (Å²) >= 11 is 6.17. The van der Waals surface area contributed by atoms with Crippen molar-refractivity contribution >= 4 is 38.8 Å². The summed E-state index contributed by atoms with van der Waals surface area (Å²) in [5.74, 6) is -0.0806. The second kappa shape index (κ2) is 8.61. The first-order valence-electron chi connectivity index (χ1n) is 10.4. The third kappa shape index (κ3) is 4.44. The Hall–Kier alpha value is -1.41. The molecule has 0 spiro atoms. The quantitative estimate of drug-likeness (QED) is 0.695. The van der Waals surface area contributed by atoms with Crippen LogP contribution < -0.4 is 0 Å². The fourth-order valence-corrected chi connectivity index (χ4v) is 5.84. The smallest absolute Gasteiger partial charge is 0.236 e. The zero-order chi connectivity index (χ0) is 22.3. The number of aldehydes is 1. The maximum absolute atomic E-state index is 11.8. The van der Waals surface area contributed by atoms with Crippen LogP contribution >= 0.6 is 11.6 Å². The maximum Gasteiger partial charge on any atom is 0.236 e. The fourth-order valence-electron chi connectivity index (χ4n) is 4.75. The van der Waals surface area contributed by atoms with E-state index in [0.717, 1.165) is 37.4 Å². The van der Waals surface area contributed by atoms with E-state index in [1.807, 2.05) is 6.92 Å². The molecule has 3 fully saturated rings. The lowest BCUT2D eigenvalue weighted by molar-refractivity contribution is -0.155. The van der Waals surface area contributed by atoms with Gasteiger partial charge in [0.05, 0.1) is 22.4 Å². The Morgan fingerprint density at radius 3 is 2.53 bits per heavy atom. The number of hydrogen-bond acceptors (Lipinski definition) is 5. The summed E-state index contributed by atoms with van der Waals surface area (Å²) in [4.78, 5) is 13.1. The predicted octanol–water partition coefficient (Wildman–Crippen LogP) is 3.79. The lowest BCUT2D eigenvalue weighted by Gasteiger charge is -2.57. The molecular weight excluding hydrogens is 424 g/mol. The molecule has 2 atom stereocenters. The summed E-state index contributed by atoms with van der Waals surface area (Å²) in [5, 5.41) is 11.0. The monoisotopic (exact) mass is 454 g/mol. The van der Waals surface area contributed by atoms with Crippen molar-refractivity contribution in [1.29, 1.82) is 0 Å². The summed E-state index contributed by atoms with van der Waals surface area (Å²) in [5.41, 5.74) is 1.05. The molecule has 5 rings (SSSR count). The molecule has 3 heterocycles. The summed E-state index contributed by atoms with van der Waals surface area (Å²) in [6.07, 6.45) is 8.05. The average Bonchev–Trinajstić information content (AvgIpc) is 3.05. The molecule has 30 heavy (non-hydrogen) atoms. The number of aliphatic hydroxyl groups is 1. The van der Waals surface area contributed by atoms with Crippen LogP contribution in [0.25, 0.3) is 10.9 Å². The number of halogens is 1. The van der Waals surface area contributed by atoms with Gasteiger partial charge in [-0.05, 0) is 56.3 Å². The molecule has 1 aliphatic carbocycles. The van der Waals surface area contributed by atoms with Crippen LogP contribution in [0.3, 0.4) is 0 Å². The van der Waals surface area contributed by atoms with Gasteiger partial charge in [0.1, 0.15) is 6.29 Å². The second-order valence-corrected chi connectivity index (χ2v) is 11.1. The van der Waals surface area contributed by atoms with E-state index in [-0.39, 0.29) is 11.5 Å². The van der Waals surface area contributed by atoms with Gasteiger partial charge in [-0.1, -0.05) is 31.5 Å². The van der Waals surface area contributed by atoms with Crippen molar-refractivity contribution in [1.82, 2.24) is 8.87 Å². The SMILES string of the molecule is CC(CC=O)c1cn(S(C)(=O)=O)c2cccc(Cl)c12.CCC1CC2(O)CC(C2)N1C. The maximum atomic E-state index is 11.8. The number of fused-ring (bicyclic) bond motifs is 3. The van der Waals surface area contributed by atoms with Gasteiger partial charge in [-0.3, -0.25) is 0 Å². The second-order valence-electron chi connectivity index (χ2n) is 8.80. The topological polar surface area (TPSA) is 79.6 Å². The Morgan fingerprint density at radius 2 is 2.00 bits per heavy atom. The molecule has 1 aromatic heterocycles. The first-order valence-corrected chi connectivity index (χ1v) is 12.6. The number of hydrogen-bond donors (Lipinski definition) is 1. The molecule has 0 amide bonds. The van der Waals surface area contributed by atoms with Crippen LogP contribution in [0.4, 0.5) is 0 Å². The lowest BCUT2D eigenvalue weighted by atomic mass is 9.66. The van der Waals surface area contributed by atoms with Gasteiger partial charge in [0.15, 0.2) is 0 Å². The van der Waals surface area contributed by atoms with Gasteiger partial charge in [-0.25, -0.2) is 12.4 Å². The molecule has 1 N–H and O–H groups in total. The molecular formula is C22H31ClN2O4S. The van der Waals surface area contributed by atoms with Crippen LogP contribution in [-0.4, -0.2) is 59.7 Å². The van der Waals surface area contributed by atoms with Crippen molar-refractivity contribution in [2.24, 2.45) is 0 Å². The van der Waals surface area contributed by atoms with Crippen molar-refractivity contribution in [3.8, 4) is 0 Å². The molecule has 1 aromatic carbocycles. The van der Waals surface area contributed by atoms with Crippen molar-refractivity contribution in [2.45, 2.75) is 69.6 Å². The molecule has 6 nitrogen and oxygen atoms in total. The van der Waals surface area contributed by atoms with Crippen LogP contribution in [-0.2, 0) is 14.8 Å². The van der Waals surface area contributed by atoms with Crippen molar-refractivity contribution in [3.63, 3.8) is 0 Å². The molecule has 3 aliphatic rings. The highest BCUT2D eigenvalue weighted by Gasteiger charge is 2.51. The molecule has 2 bridgehead atoms. The number of carbonyl (C=O) groups excluding carboxylic acids is 1. The minimum absolute atomic E-state index is 0.0806. The van der Waals surface area contributed by atoms with E-state index >= 15 is 0 Å². The van der Waals surface area contributed by atoms with E-state index in [1.165, 1.54) is 10.4 Å². The van der Waals surface area contributed by atoms with E-state index in [1.54, 1.807) is 24.4 Å². The molecule has 8 heteroatoms. The lowest BCUT2D eigenvalue weighted by Crippen LogP contribution is -2.64. The Bertz CT molecular complexity index is 1030. The number of aromatic nitrogens is 1. The predicted molar refractivity (Wildman–Crippen MR) is 121 cm³/mol. The first kappa shape index (κ1) is 23.3. The average molecular weight is 455 g/mol. The Morgan fingerprint density at radius 1 is 1.33 bits per heavy atom. The van der Waals surface area contributed by atoms with Crippen LogP contribution in [0.1, 0.15) is 57.4 Å². The van der Waals surface area contributed by atoms with Gasteiger partial charge >= 0.3 is 0 Å². The molecule has 2 aliphatic heterocycles.